The zero-order valence-corrected chi connectivity index (χ0v) is 61.2. The summed E-state index contributed by atoms with van der Waals surface area (Å²) in [7, 11) is 3.88. The number of β-amino-alcohol motifs (C(OH)–C–C–N with tert-alkyl or cyclic N) is 2. The summed E-state index contributed by atoms with van der Waals surface area (Å²) in [4.78, 5) is 102. The maximum Gasteiger partial charge on any atom is 0.410 e. The molecule has 8 atom stereocenters. The highest BCUT2D eigenvalue weighted by Gasteiger charge is 2.46. The van der Waals surface area contributed by atoms with E-state index in [4.69, 9.17) is 18.5 Å². The van der Waals surface area contributed by atoms with Gasteiger partial charge in [0, 0.05) is 90.4 Å². The van der Waals surface area contributed by atoms with Gasteiger partial charge in [0.1, 0.15) is 35.1 Å². The number of nitrogens with zero attached hydrogens (tertiary/aromatic N) is 10. The van der Waals surface area contributed by atoms with E-state index in [-0.39, 0.29) is 97.7 Å². The number of aliphatic hydroxyl groups excluding tert-OH is 2. The van der Waals surface area contributed by atoms with E-state index >= 15 is 0 Å². The van der Waals surface area contributed by atoms with Gasteiger partial charge in [0.25, 0.3) is 0 Å². The number of aryl methyl sites for hydroxylation is 2. The highest BCUT2D eigenvalue weighted by Crippen LogP contribution is 2.38. The minimum Gasteiger partial charge on any atom is -0.444 e. The molecule has 0 saturated carbocycles. The van der Waals surface area contributed by atoms with Crippen molar-refractivity contribution in [3.05, 3.63) is 106 Å². The van der Waals surface area contributed by atoms with Crippen LogP contribution in [-0.4, -0.2) is 187 Å². The molecule has 26 heteroatoms. The van der Waals surface area contributed by atoms with Gasteiger partial charge in [0.15, 0.2) is 23.2 Å². The lowest BCUT2D eigenvalue weighted by atomic mass is 9.91. The van der Waals surface area contributed by atoms with Crippen LogP contribution in [0.15, 0.2) is 80.7 Å². The number of aliphatic hydroxyl groups is 2. The van der Waals surface area contributed by atoms with Crippen molar-refractivity contribution < 1.29 is 57.5 Å². The molecule has 24 nitrogen and oxygen atoms in total. The Morgan fingerprint density at radius 2 is 0.898 bits per heavy atom. The van der Waals surface area contributed by atoms with E-state index in [2.05, 4.69) is 30.9 Å². The highest BCUT2D eigenvalue weighted by atomic mass is 32.1. The number of nitrogens with one attached hydrogen (secondary N) is 2. The molecule has 0 aliphatic carbocycles. The number of aromatic nitrogens is 4. The van der Waals surface area contributed by atoms with E-state index in [0.717, 1.165) is 69.1 Å². The van der Waals surface area contributed by atoms with Crippen LogP contribution in [-0.2, 0) is 28.7 Å². The number of ether oxygens (including phenoxy) is 2. The number of hydrogen-bond donors (Lipinski definition) is 4. The van der Waals surface area contributed by atoms with Gasteiger partial charge in [-0.2, -0.15) is 0 Å². The van der Waals surface area contributed by atoms with E-state index in [0.29, 0.717) is 49.3 Å². The lowest BCUT2D eigenvalue weighted by Crippen LogP contribution is -2.48. The second kappa shape index (κ2) is 31.5. The van der Waals surface area contributed by atoms with E-state index in [9.17, 15) is 39.0 Å². The van der Waals surface area contributed by atoms with Gasteiger partial charge in [0.2, 0.25) is 23.6 Å². The molecule has 4 saturated heterocycles. The molecule has 0 spiro atoms. The number of anilines is 2. The SMILES string of the molecule is Cc1ncsc1-c1ccc([C@H](C)NC(=O)[C@@H]2C[C@@H](O)CN2C(=O)C(c2cc(N(C)C3CCN(C(=O)OC(C)(C)C)CC3)no2)C(C)C)cc1.Cc1ncsc1-c1ccc([C@H](C)NC(=O)[C@@H]2C[C@@H](O)CN2C(=O)[C@@H](c2cc(N(C)C3CCN(C(=O)OC(C)(C)C)CC3)no2)C(C)C)cc1. The largest absolute Gasteiger partial charge is 0.444 e. The maximum atomic E-state index is 14.1. The van der Waals surface area contributed by atoms with Crippen LogP contribution in [0, 0.1) is 25.7 Å². The summed E-state index contributed by atoms with van der Waals surface area (Å²) in [6.07, 6.45) is 1.03. The lowest BCUT2D eigenvalue weighted by molar-refractivity contribution is -0.141. The smallest absolute Gasteiger partial charge is 0.410 e. The summed E-state index contributed by atoms with van der Waals surface area (Å²) >= 11 is 3.18. The van der Waals surface area contributed by atoms with E-state index < -0.39 is 47.3 Å². The van der Waals surface area contributed by atoms with Crippen molar-refractivity contribution in [2.45, 2.75) is 207 Å². The quantitative estimate of drug-likeness (QED) is 0.0622. The Kier molecular flexibility index (Phi) is 23.9. The van der Waals surface area contributed by atoms with Gasteiger partial charge in [0.05, 0.1) is 56.5 Å². The Balaban J connectivity index is 0.000000229. The van der Waals surface area contributed by atoms with Crippen LogP contribution in [0.1, 0.15) is 180 Å². The van der Waals surface area contributed by atoms with Crippen molar-refractivity contribution in [2.75, 3.05) is 63.2 Å². The number of piperidine rings is 2. The molecule has 2 aromatic carbocycles. The molecule has 8 heterocycles. The second-order valence-corrected chi connectivity index (χ2v) is 31.0. The molecule has 4 N–H and O–H groups in total. The monoisotopic (exact) mass is 1390 g/mol. The molecule has 0 bridgehead atoms. The molecule has 6 aromatic rings. The topological polar surface area (TPSA) is 283 Å². The van der Waals surface area contributed by atoms with Crippen molar-refractivity contribution in [1.82, 2.24) is 50.5 Å². The van der Waals surface area contributed by atoms with Crippen molar-refractivity contribution in [3.8, 4) is 20.9 Å². The summed E-state index contributed by atoms with van der Waals surface area (Å²) in [6.45, 7) is 29.1. The van der Waals surface area contributed by atoms with Crippen molar-refractivity contribution in [2.24, 2.45) is 11.8 Å². The summed E-state index contributed by atoms with van der Waals surface area (Å²) in [5.41, 5.74) is 8.54. The number of carbonyl (C=O) groups is 6. The van der Waals surface area contributed by atoms with Gasteiger partial charge in [-0.1, -0.05) is 86.5 Å². The predicted molar refractivity (Wildman–Crippen MR) is 377 cm³/mol. The molecule has 1 unspecified atom stereocenters. The molecular weight excluding hydrogens is 1290 g/mol. The fourth-order valence-electron chi connectivity index (χ4n) is 13.3. The van der Waals surface area contributed by atoms with Gasteiger partial charge >= 0.3 is 12.2 Å². The molecule has 6 amide bonds. The zero-order valence-electron chi connectivity index (χ0n) is 59.6. The van der Waals surface area contributed by atoms with E-state index in [1.807, 2.05) is 180 Å². The number of benzene rings is 2. The van der Waals surface area contributed by atoms with Crippen LogP contribution >= 0.6 is 22.7 Å². The van der Waals surface area contributed by atoms with Gasteiger partial charge in [-0.05, 0) is 129 Å². The average molecular weight is 1390 g/mol. The number of hydrogen-bond acceptors (Lipinski definition) is 20. The minimum absolute atomic E-state index is 0.0640. The Hall–Kier alpha value is -7.94. The van der Waals surface area contributed by atoms with Gasteiger partial charge in [-0.3, -0.25) is 19.2 Å². The Labute approximate surface area is 583 Å². The lowest BCUT2D eigenvalue weighted by Gasteiger charge is -2.37. The van der Waals surface area contributed by atoms with Gasteiger partial charge < -0.3 is 68.8 Å². The third kappa shape index (κ3) is 18.1. The van der Waals surface area contributed by atoms with Crippen LogP contribution in [0.5, 0.6) is 0 Å². The Morgan fingerprint density at radius 1 is 0.561 bits per heavy atom. The molecule has 4 aliphatic heterocycles. The number of rotatable bonds is 18. The summed E-state index contributed by atoms with van der Waals surface area (Å²) in [5.74, 6) is -0.829. The first-order valence-corrected chi connectivity index (χ1v) is 35.9. The molecule has 4 aromatic heterocycles. The number of carbonyl (C=O) groups excluding carboxylic acids is 6. The summed E-state index contributed by atoms with van der Waals surface area (Å²) in [6, 6.07) is 17.7. The standard InChI is InChI=1S/2C36H50N6O6S/c2*1-21(2)31(29-18-30(39-48-29)40(8)26-13-15-41(16-14-26)35(46)47-36(5,6)7)34(45)42-19-27(43)17-28(42)33(44)38-22(3)24-9-11-25(12-10-24)32-23(4)37-20-49-32/h2*9-12,18,20-22,26-28,31,43H,13-17,19H2,1-8H3,(H,38,44)/t22-,27+,28-,31?;22-,27+,28-,31+/m00/s1. The molecule has 10 rings (SSSR count). The molecule has 98 heavy (non-hydrogen) atoms. The first kappa shape index (κ1) is 74.3. The third-order valence-electron chi connectivity index (χ3n) is 18.8. The Morgan fingerprint density at radius 3 is 1.19 bits per heavy atom. The fraction of sp³-hybridized carbons (Fsp3) is 0.583. The number of likely N-dealkylation sites (tertiary alicyclic amines) is 4. The highest BCUT2D eigenvalue weighted by molar-refractivity contribution is 7.13. The minimum atomic E-state index is -0.814. The number of thiazole rings is 2. The average Bonchev–Trinajstić information content (AvgIpc) is 1.62. The summed E-state index contributed by atoms with van der Waals surface area (Å²) < 4.78 is 22.6. The van der Waals surface area contributed by atoms with Crippen LogP contribution in [0.4, 0.5) is 21.2 Å². The van der Waals surface area contributed by atoms with Crippen LogP contribution in [0.2, 0.25) is 0 Å². The van der Waals surface area contributed by atoms with Crippen LogP contribution < -0.4 is 20.4 Å². The fourth-order valence-corrected chi connectivity index (χ4v) is 14.9. The Bertz CT molecular complexity index is 3450. The van der Waals surface area contributed by atoms with Crippen LogP contribution in [0.25, 0.3) is 20.9 Å². The second-order valence-electron chi connectivity index (χ2n) is 29.3. The predicted octanol–water partition coefficient (Wildman–Crippen LogP) is 11.0. The van der Waals surface area contributed by atoms with Crippen molar-refractivity contribution in [3.63, 3.8) is 0 Å². The van der Waals surface area contributed by atoms with Crippen LogP contribution in [0.3, 0.4) is 0 Å². The molecule has 4 aliphatic rings. The van der Waals surface area contributed by atoms with Gasteiger partial charge in [-0.25, -0.2) is 19.6 Å². The zero-order chi connectivity index (χ0) is 71.2. The summed E-state index contributed by atoms with van der Waals surface area (Å²) in [5, 5.41) is 36.0. The molecular formula is C72H100N12O12S2. The first-order chi connectivity index (χ1) is 46.2. The first-order valence-electron chi connectivity index (χ1n) is 34.2. The normalized spacial score (nSPS) is 20.0. The van der Waals surface area contributed by atoms with E-state index in [1.165, 1.54) is 9.80 Å². The molecule has 532 valence electrons. The maximum absolute atomic E-state index is 14.1. The van der Waals surface area contributed by atoms with Crippen molar-refractivity contribution in [1.29, 1.82) is 0 Å². The molecule has 0 radical (unpaired) electrons. The molecule has 4 fully saturated rings. The van der Waals surface area contributed by atoms with E-state index in [1.54, 1.807) is 44.6 Å². The van der Waals surface area contributed by atoms with Gasteiger partial charge in [-0.15, -0.1) is 22.7 Å². The number of amides is 6. The van der Waals surface area contributed by atoms with Crippen molar-refractivity contribution >= 4 is 70.1 Å². The third-order valence-corrected chi connectivity index (χ3v) is 20.8.